The minimum Gasteiger partial charge on any atom is -0.122 e. The summed E-state index contributed by atoms with van der Waals surface area (Å²) in [6.07, 6.45) is 2.60. The highest BCUT2D eigenvalue weighted by molar-refractivity contribution is 8.00. The van der Waals surface area contributed by atoms with Crippen LogP contribution in [0, 0.1) is 12.8 Å². The van der Waals surface area contributed by atoms with E-state index < -0.39 is 0 Å². The average Bonchev–Trinajstić information content (AvgIpc) is 2.20. The molecule has 1 atom stereocenters. The van der Waals surface area contributed by atoms with E-state index in [2.05, 4.69) is 52.0 Å². The number of hydrogen-bond donors (Lipinski definition) is 0. The van der Waals surface area contributed by atoms with Gasteiger partial charge in [0.05, 0.1) is 0 Å². The standard InChI is InChI=1S/C14H22S/c1-5-6-14(11(2)3)15-13-9-7-12(4)8-10-13/h7-11,14H,5-6H2,1-4H3. The molecule has 0 amide bonds. The monoisotopic (exact) mass is 222 g/mol. The van der Waals surface area contributed by atoms with E-state index in [4.69, 9.17) is 0 Å². The number of benzene rings is 1. The zero-order chi connectivity index (χ0) is 11.3. The number of hydrogen-bond acceptors (Lipinski definition) is 1. The van der Waals surface area contributed by atoms with Crippen LogP contribution in [0.4, 0.5) is 0 Å². The molecule has 1 rings (SSSR count). The molecule has 1 heteroatoms. The van der Waals surface area contributed by atoms with Crippen molar-refractivity contribution in [2.45, 2.75) is 50.7 Å². The van der Waals surface area contributed by atoms with Crippen molar-refractivity contribution >= 4 is 11.8 Å². The van der Waals surface area contributed by atoms with Crippen LogP contribution in [-0.2, 0) is 0 Å². The van der Waals surface area contributed by atoms with E-state index in [0.29, 0.717) is 0 Å². The summed E-state index contributed by atoms with van der Waals surface area (Å²) in [5.41, 5.74) is 1.34. The van der Waals surface area contributed by atoms with E-state index >= 15 is 0 Å². The second-order valence-corrected chi connectivity index (χ2v) is 5.81. The van der Waals surface area contributed by atoms with Crippen LogP contribution in [0.1, 0.15) is 39.2 Å². The first kappa shape index (κ1) is 12.6. The van der Waals surface area contributed by atoms with Crippen LogP contribution in [-0.4, -0.2) is 5.25 Å². The van der Waals surface area contributed by atoms with Crippen molar-refractivity contribution < 1.29 is 0 Å². The maximum atomic E-state index is 2.32. The molecule has 0 heterocycles. The van der Waals surface area contributed by atoms with Gasteiger partial charge in [-0.05, 0) is 31.4 Å². The van der Waals surface area contributed by atoms with Crippen molar-refractivity contribution in [2.24, 2.45) is 5.92 Å². The second kappa shape index (κ2) is 6.22. The van der Waals surface area contributed by atoms with Gasteiger partial charge in [0.25, 0.3) is 0 Å². The fourth-order valence-corrected chi connectivity index (χ4v) is 2.87. The van der Waals surface area contributed by atoms with E-state index in [9.17, 15) is 0 Å². The van der Waals surface area contributed by atoms with E-state index in [1.807, 2.05) is 11.8 Å². The summed E-state index contributed by atoms with van der Waals surface area (Å²) in [6, 6.07) is 8.88. The Bertz CT molecular complexity index is 274. The number of thioether (sulfide) groups is 1. The molecule has 0 aliphatic rings. The molecule has 1 aromatic rings. The molecule has 0 saturated carbocycles. The average molecular weight is 222 g/mol. The molecule has 0 aromatic heterocycles. The van der Waals surface area contributed by atoms with Crippen molar-refractivity contribution in [3.63, 3.8) is 0 Å². The molecular formula is C14H22S. The Kier molecular flexibility index (Phi) is 5.24. The Balaban J connectivity index is 2.61. The second-order valence-electron chi connectivity index (χ2n) is 4.50. The highest BCUT2D eigenvalue weighted by Crippen LogP contribution is 2.31. The van der Waals surface area contributed by atoms with E-state index in [1.54, 1.807) is 0 Å². The third kappa shape index (κ3) is 4.29. The van der Waals surface area contributed by atoms with Crippen molar-refractivity contribution in [3.05, 3.63) is 29.8 Å². The van der Waals surface area contributed by atoms with Crippen molar-refractivity contribution in [1.29, 1.82) is 0 Å². The summed E-state index contributed by atoms with van der Waals surface area (Å²) in [5.74, 6) is 0.760. The lowest BCUT2D eigenvalue weighted by molar-refractivity contribution is 0.567. The lowest BCUT2D eigenvalue weighted by Crippen LogP contribution is -2.10. The first-order valence-corrected chi connectivity index (χ1v) is 6.74. The lowest BCUT2D eigenvalue weighted by Gasteiger charge is -2.19. The van der Waals surface area contributed by atoms with Crippen molar-refractivity contribution in [1.82, 2.24) is 0 Å². The van der Waals surface area contributed by atoms with E-state index in [-0.39, 0.29) is 0 Å². The quantitative estimate of drug-likeness (QED) is 0.638. The Morgan fingerprint density at radius 3 is 2.20 bits per heavy atom. The fourth-order valence-electron chi connectivity index (χ4n) is 1.60. The predicted molar refractivity (Wildman–Crippen MR) is 70.6 cm³/mol. The molecule has 0 spiro atoms. The van der Waals surface area contributed by atoms with Gasteiger partial charge >= 0.3 is 0 Å². The molecule has 1 unspecified atom stereocenters. The Morgan fingerprint density at radius 1 is 1.13 bits per heavy atom. The summed E-state index contributed by atoms with van der Waals surface area (Å²) in [7, 11) is 0. The summed E-state index contributed by atoms with van der Waals surface area (Å²) in [5, 5.41) is 0.762. The summed E-state index contributed by atoms with van der Waals surface area (Å²) < 4.78 is 0. The largest absolute Gasteiger partial charge is 0.122 e. The minimum atomic E-state index is 0.760. The number of aryl methyl sites for hydroxylation is 1. The van der Waals surface area contributed by atoms with Crippen molar-refractivity contribution in [2.75, 3.05) is 0 Å². The summed E-state index contributed by atoms with van der Waals surface area (Å²) in [4.78, 5) is 1.41. The first-order chi connectivity index (χ1) is 7.13. The van der Waals surface area contributed by atoms with Crippen LogP contribution in [0.2, 0.25) is 0 Å². The van der Waals surface area contributed by atoms with Gasteiger partial charge < -0.3 is 0 Å². The van der Waals surface area contributed by atoms with Gasteiger partial charge in [-0.3, -0.25) is 0 Å². The van der Waals surface area contributed by atoms with Gasteiger partial charge in [0.1, 0.15) is 0 Å². The number of rotatable bonds is 5. The first-order valence-electron chi connectivity index (χ1n) is 5.86. The summed E-state index contributed by atoms with van der Waals surface area (Å²) in [6.45, 7) is 9.05. The highest BCUT2D eigenvalue weighted by atomic mass is 32.2. The molecule has 0 N–H and O–H groups in total. The SMILES string of the molecule is CCCC(Sc1ccc(C)cc1)C(C)C. The van der Waals surface area contributed by atoms with Gasteiger partial charge in [-0.15, -0.1) is 11.8 Å². The zero-order valence-electron chi connectivity index (χ0n) is 10.3. The smallest absolute Gasteiger partial charge is 0.0117 e. The molecule has 0 aliphatic carbocycles. The van der Waals surface area contributed by atoms with Gasteiger partial charge in [0, 0.05) is 10.1 Å². The Morgan fingerprint density at radius 2 is 1.73 bits per heavy atom. The molecule has 0 bridgehead atoms. The molecular weight excluding hydrogens is 200 g/mol. The van der Waals surface area contributed by atoms with Crippen LogP contribution in [0.15, 0.2) is 29.2 Å². The van der Waals surface area contributed by atoms with Gasteiger partial charge in [-0.25, -0.2) is 0 Å². The van der Waals surface area contributed by atoms with Gasteiger partial charge in [0.2, 0.25) is 0 Å². The maximum absolute atomic E-state index is 2.32. The molecule has 15 heavy (non-hydrogen) atoms. The molecule has 0 aliphatic heterocycles. The predicted octanol–water partition coefficient (Wildman–Crippen LogP) is 4.91. The van der Waals surface area contributed by atoms with Crippen LogP contribution < -0.4 is 0 Å². The third-order valence-corrected chi connectivity index (χ3v) is 4.25. The molecule has 0 saturated heterocycles. The fraction of sp³-hybridized carbons (Fsp3) is 0.571. The van der Waals surface area contributed by atoms with Gasteiger partial charge in [0.15, 0.2) is 0 Å². The zero-order valence-corrected chi connectivity index (χ0v) is 11.1. The summed E-state index contributed by atoms with van der Waals surface area (Å²) >= 11 is 2.03. The Labute approximate surface area is 98.5 Å². The molecule has 84 valence electrons. The van der Waals surface area contributed by atoms with Crippen molar-refractivity contribution in [3.8, 4) is 0 Å². The normalized spacial score (nSPS) is 13.1. The topological polar surface area (TPSA) is 0 Å². The van der Waals surface area contributed by atoms with Crippen LogP contribution in [0.3, 0.4) is 0 Å². The highest BCUT2D eigenvalue weighted by Gasteiger charge is 2.13. The minimum absolute atomic E-state index is 0.760. The molecule has 0 fully saturated rings. The van der Waals surface area contributed by atoms with Crippen LogP contribution >= 0.6 is 11.8 Å². The molecule has 0 radical (unpaired) electrons. The molecule has 1 aromatic carbocycles. The van der Waals surface area contributed by atoms with E-state index in [1.165, 1.54) is 23.3 Å². The van der Waals surface area contributed by atoms with Crippen LogP contribution in [0.5, 0.6) is 0 Å². The van der Waals surface area contributed by atoms with Crippen LogP contribution in [0.25, 0.3) is 0 Å². The van der Waals surface area contributed by atoms with Gasteiger partial charge in [-0.1, -0.05) is 44.9 Å². The molecule has 0 nitrogen and oxygen atoms in total. The van der Waals surface area contributed by atoms with Gasteiger partial charge in [-0.2, -0.15) is 0 Å². The van der Waals surface area contributed by atoms with E-state index in [0.717, 1.165) is 11.2 Å². The third-order valence-electron chi connectivity index (χ3n) is 2.63. The lowest BCUT2D eigenvalue weighted by atomic mass is 10.1. The Hall–Kier alpha value is -0.430. The maximum Gasteiger partial charge on any atom is 0.0117 e.